The minimum Gasteiger partial charge on any atom is -0.396 e. The van der Waals surface area contributed by atoms with Crippen LogP contribution in [-0.4, -0.2) is 43.6 Å². The molecule has 0 saturated carbocycles. The predicted molar refractivity (Wildman–Crippen MR) is 76.4 cm³/mol. The first-order valence-electron chi connectivity index (χ1n) is 6.83. The molecule has 0 amide bonds. The number of nitrogen functional groups attached to an aromatic ring is 1. The Labute approximate surface area is 131 Å². The largest absolute Gasteiger partial charge is 0.396 e. The number of aromatic nitrogens is 3. The highest BCUT2D eigenvalue weighted by atomic mass is 16.5. The van der Waals surface area contributed by atoms with Crippen LogP contribution >= 0.6 is 0 Å². The molecule has 0 aromatic carbocycles. The van der Waals surface area contributed by atoms with Crippen LogP contribution in [0.1, 0.15) is 12.6 Å². The van der Waals surface area contributed by atoms with Crippen LogP contribution < -0.4 is 5.73 Å². The number of anilines is 1. The summed E-state index contributed by atoms with van der Waals surface area (Å²) in [6.07, 6.45) is 0.330. The van der Waals surface area contributed by atoms with E-state index in [9.17, 15) is 20.7 Å². The Hall–Kier alpha value is -2.72. The molecule has 9 heteroatoms. The van der Waals surface area contributed by atoms with Crippen molar-refractivity contribution in [2.75, 3.05) is 12.3 Å². The number of aliphatic hydroxyl groups excluding tert-OH is 2. The molecule has 0 radical (unpaired) electrons. The van der Waals surface area contributed by atoms with E-state index in [1.807, 2.05) is 12.1 Å². The maximum atomic E-state index is 10.4. The lowest BCUT2D eigenvalue weighted by Crippen LogP contribution is -2.45. The highest BCUT2D eigenvalue weighted by Gasteiger charge is 2.66. The van der Waals surface area contributed by atoms with Crippen LogP contribution in [0.2, 0.25) is 0 Å². The quantitative estimate of drug-likeness (QED) is 0.658. The first kappa shape index (κ1) is 15.2. The average molecular weight is 314 g/mol. The number of aliphatic hydroxyl groups is 2. The number of fused-ring (bicyclic) bond motifs is 1. The second-order valence-electron chi connectivity index (χ2n) is 5.56. The zero-order chi connectivity index (χ0) is 16.8. The van der Waals surface area contributed by atoms with E-state index in [1.54, 1.807) is 6.07 Å². The van der Waals surface area contributed by atoms with Crippen molar-refractivity contribution in [1.29, 1.82) is 10.5 Å². The van der Waals surface area contributed by atoms with Gasteiger partial charge >= 0.3 is 0 Å². The number of nitriles is 2. The SMILES string of the molecule is C[C@@]1(C#N)[C@H](O)[C@@H](CO)O[C@@]1(C#N)c1cnc2c(N)ccnn12. The Morgan fingerprint density at radius 2 is 2.22 bits per heavy atom. The third kappa shape index (κ3) is 1.69. The van der Waals surface area contributed by atoms with E-state index in [-0.39, 0.29) is 5.69 Å². The molecule has 3 heterocycles. The van der Waals surface area contributed by atoms with Crippen molar-refractivity contribution in [3.8, 4) is 12.1 Å². The Balaban J connectivity index is 2.31. The van der Waals surface area contributed by atoms with Crippen LogP contribution in [0.25, 0.3) is 5.65 Å². The summed E-state index contributed by atoms with van der Waals surface area (Å²) in [4.78, 5) is 4.12. The summed E-state index contributed by atoms with van der Waals surface area (Å²) in [6, 6.07) is 5.48. The summed E-state index contributed by atoms with van der Waals surface area (Å²) in [6.45, 7) is 0.871. The van der Waals surface area contributed by atoms with Gasteiger partial charge in [0.15, 0.2) is 5.65 Å². The Morgan fingerprint density at radius 1 is 1.48 bits per heavy atom. The molecule has 1 saturated heterocycles. The molecule has 4 N–H and O–H groups in total. The third-order valence-electron chi connectivity index (χ3n) is 4.37. The maximum absolute atomic E-state index is 10.4. The van der Waals surface area contributed by atoms with Gasteiger partial charge in [-0.1, -0.05) is 0 Å². The molecule has 1 fully saturated rings. The van der Waals surface area contributed by atoms with E-state index in [0.717, 1.165) is 0 Å². The van der Waals surface area contributed by atoms with Gasteiger partial charge in [0.2, 0.25) is 5.60 Å². The van der Waals surface area contributed by atoms with E-state index in [0.29, 0.717) is 11.3 Å². The van der Waals surface area contributed by atoms with Crippen molar-refractivity contribution in [2.24, 2.45) is 5.41 Å². The lowest BCUT2D eigenvalue weighted by molar-refractivity contribution is -0.0584. The molecule has 0 aliphatic carbocycles. The fraction of sp³-hybridized carbons (Fsp3) is 0.429. The van der Waals surface area contributed by atoms with Gasteiger partial charge in [0, 0.05) is 0 Å². The van der Waals surface area contributed by atoms with Crippen molar-refractivity contribution < 1.29 is 14.9 Å². The van der Waals surface area contributed by atoms with Gasteiger partial charge in [0.05, 0.1) is 30.8 Å². The molecule has 23 heavy (non-hydrogen) atoms. The minimum absolute atomic E-state index is 0.168. The normalized spacial score (nSPS) is 33.4. The standard InChI is InChI=1S/C14H14N6O3/c1-13(6-15)11(22)9(5-21)23-14(13,7-16)10-4-18-12-8(17)2-3-19-20(10)12/h2-4,9,11,21-22H,5,17H2,1H3/t9-,11-,13-,14+/m1/s1. The zero-order valence-electron chi connectivity index (χ0n) is 12.2. The van der Waals surface area contributed by atoms with Gasteiger partial charge in [-0.05, 0) is 13.0 Å². The van der Waals surface area contributed by atoms with E-state index in [2.05, 4.69) is 10.1 Å². The van der Waals surface area contributed by atoms with E-state index >= 15 is 0 Å². The molecule has 0 unspecified atom stereocenters. The van der Waals surface area contributed by atoms with Crippen molar-refractivity contribution in [1.82, 2.24) is 14.6 Å². The topological polar surface area (TPSA) is 153 Å². The second kappa shape index (κ2) is 4.89. The number of nitrogens with zero attached hydrogens (tertiary/aromatic N) is 5. The Kier molecular flexibility index (Phi) is 3.23. The number of hydrogen-bond donors (Lipinski definition) is 3. The molecule has 1 aliphatic rings. The molecule has 1 aliphatic heterocycles. The van der Waals surface area contributed by atoms with Gasteiger partial charge in [0.25, 0.3) is 0 Å². The second-order valence-corrected chi connectivity index (χ2v) is 5.56. The highest BCUT2D eigenvalue weighted by molar-refractivity contribution is 5.64. The summed E-state index contributed by atoms with van der Waals surface area (Å²) in [5, 5.41) is 43.3. The van der Waals surface area contributed by atoms with Crippen molar-refractivity contribution >= 4 is 11.3 Å². The predicted octanol–water partition coefficient (Wildman–Crippen LogP) is -0.688. The summed E-state index contributed by atoms with van der Waals surface area (Å²) in [7, 11) is 0. The van der Waals surface area contributed by atoms with Gasteiger partial charge in [-0.15, -0.1) is 0 Å². The van der Waals surface area contributed by atoms with E-state index < -0.39 is 29.8 Å². The molecule has 2 aromatic rings. The average Bonchev–Trinajstić information content (AvgIpc) is 3.09. The lowest BCUT2D eigenvalue weighted by Gasteiger charge is -2.31. The van der Waals surface area contributed by atoms with E-state index in [1.165, 1.54) is 23.8 Å². The molecule has 0 spiro atoms. The van der Waals surface area contributed by atoms with Crippen LogP contribution in [0.3, 0.4) is 0 Å². The van der Waals surface area contributed by atoms with Gasteiger partial charge in [0.1, 0.15) is 29.4 Å². The van der Waals surface area contributed by atoms with Gasteiger partial charge in [-0.25, -0.2) is 9.50 Å². The molecule has 9 nitrogen and oxygen atoms in total. The number of ether oxygens (including phenoxy) is 1. The van der Waals surface area contributed by atoms with Crippen molar-refractivity contribution in [2.45, 2.75) is 24.7 Å². The molecule has 2 aromatic heterocycles. The van der Waals surface area contributed by atoms with Gasteiger partial charge in [-0.3, -0.25) is 0 Å². The first-order chi connectivity index (χ1) is 10.9. The van der Waals surface area contributed by atoms with Crippen LogP contribution in [0, 0.1) is 28.1 Å². The summed E-state index contributed by atoms with van der Waals surface area (Å²) in [5.74, 6) is 0. The Bertz CT molecular complexity index is 852. The Morgan fingerprint density at radius 3 is 2.83 bits per heavy atom. The minimum atomic E-state index is -1.85. The number of imidazole rings is 1. The molecule has 0 bridgehead atoms. The first-order valence-corrected chi connectivity index (χ1v) is 6.83. The van der Waals surface area contributed by atoms with Crippen LogP contribution in [0.15, 0.2) is 18.5 Å². The van der Waals surface area contributed by atoms with Gasteiger partial charge < -0.3 is 20.7 Å². The lowest BCUT2D eigenvalue weighted by atomic mass is 9.71. The van der Waals surface area contributed by atoms with Crippen LogP contribution in [0.5, 0.6) is 0 Å². The monoisotopic (exact) mass is 314 g/mol. The molecule has 3 rings (SSSR count). The zero-order valence-corrected chi connectivity index (χ0v) is 12.2. The molecular formula is C14H14N6O3. The molecular weight excluding hydrogens is 300 g/mol. The fourth-order valence-corrected chi connectivity index (χ4v) is 2.96. The number of hydrogen-bond acceptors (Lipinski definition) is 8. The maximum Gasteiger partial charge on any atom is 0.219 e. The van der Waals surface area contributed by atoms with Gasteiger partial charge in [-0.2, -0.15) is 15.6 Å². The fourth-order valence-electron chi connectivity index (χ4n) is 2.96. The summed E-state index contributed by atoms with van der Waals surface area (Å²) in [5.41, 5.74) is 3.17. The number of rotatable bonds is 2. The van der Waals surface area contributed by atoms with E-state index in [4.69, 9.17) is 10.5 Å². The van der Waals surface area contributed by atoms with Crippen LogP contribution in [0.4, 0.5) is 5.69 Å². The van der Waals surface area contributed by atoms with Crippen molar-refractivity contribution in [3.05, 3.63) is 24.2 Å². The third-order valence-corrected chi connectivity index (χ3v) is 4.37. The van der Waals surface area contributed by atoms with Crippen molar-refractivity contribution in [3.63, 3.8) is 0 Å². The highest BCUT2D eigenvalue weighted by Crippen LogP contribution is 2.52. The summed E-state index contributed by atoms with van der Waals surface area (Å²) < 4.78 is 6.94. The molecule has 4 atom stereocenters. The van der Waals surface area contributed by atoms with Crippen LogP contribution in [-0.2, 0) is 10.3 Å². The number of nitrogens with two attached hydrogens (primary N) is 1. The summed E-state index contributed by atoms with van der Waals surface area (Å²) >= 11 is 0. The smallest absolute Gasteiger partial charge is 0.219 e. The molecule has 118 valence electrons.